The molecule has 2 aliphatic rings. The predicted octanol–water partition coefficient (Wildman–Crippen LogP) is 2.53. The van der Waals surface area contributed by atoms with Crippen LogP contribution in [-0.2, 0) is 11.2 Å². The molecule has 0 aromatic heterocycles. The minimum absolute atomic E-state index is 0.0629. The zero-order valence-electron chi connectivity index (χ0n) is 13.1. The van der Waals surface area contributed by atoms with Crippen LogP contribution in [0.1, 0.15) is 24.8 Å². The van der Waals surface area contributed by atoms with Gasteiger partial charge in [0.25, 0.3) is 0 Å². The second-order valence-corrected chi connectivity index (χ2v) is 6.23. The summed E-state index contributed by atoms with van der Waals surface area (Å²) in [5, 5.41) is 0. The molecule has 0 bridgehead atoms. The van der Waals surface area contributed by atoms with Crippen LogP contribution < -0.4 is 4.74 Å². The molecule has 3 rings (SSSR count). The minimum Gasteiger partial charge on any atom is -0.435 e. The van der Waals surface area contributed by atoms with Crippen LogP contribution in [0.3, 0.4) is 0 Å². The Bertz CT molecular complexity index is 553. The summed E-state index contributed by atoms with van der Waals surface area (Å²) in [5.74, 6) is 0.163. The van der Waals surface area contributed by atoms with E-state index in [0.717, 1.165) is 39.0 Å². The van der Waals surface area contributed by atoms with Gasteiger partial charge in [0.1, 0.15) is 5.75 Å². The summed E-state index contributed by atoms with van der Waals surface area (Å²) < 4.78 is 28.9. The number of benzene rings is 1. The van der Waals surface area contributed by atoms with E-state index in [0.29, 0.717) is 11.6 Å². The standard InChI is InChI=1S/C17H22F2N2O2/c18-17(19)23-15-6-1-4-13(10-15)11-16(22)21-9-3-8-20-7-2-5-14(20)12-21/h1,4,6,10,14,17H,2-3,5,7-9,11-12H2. The van der Waals surface area contributed by atoms with E-state index in [-0.39, 0.29) is 18.1 Å². The van der Waals surface area contributed by atoms with Gasteiger partial charge in [0.15, 0.2) is 0 Å². The molecule has 0 aliphatic carbocycles. The summed E-state index contributed by atoms with van der Waals surface area (Å²) in [4.78, 5) is 17.0. The lowest BCUT2D eigenvalue weighted by molar-refractivity contribution is -0.130. The molecule has 1 unspecified atom stereocenters. The van der Waals surface area contributed by atoms with Crippen LogP contribution >= 0.6 is 0 Å². The smallest absolute Gasteiger partial charge is 0.387 e. The van der Waals surface area contributed by atoms with Gasteiger partial charge in [0, 0.05) is 25.7 Å². The van der Waals surface area contributed by atoms with Crippen molar-refractivity contribution in [2.24, 2.45) is 0 Å². The highest BCUT2D eigenvalue weighted by molar-refractivity contribution is 5.79. The number of amides is 1. The molecule has 2 saturated heterocycles. The van der Waals surface area contributed by atoms with Gasteiger partial charge in [-0.25, -0.2) is 0 Å². The molecule has 0 N–H and O–H groups in total. The van der Waals surface area contributed by atoms with Crippen LogP contribution in [0.2, 0.25) is 0 Å². The van der Waals surface area contributed by atoms with E-state index in [1.54, 1.807) is 12.1 Å². The average Bonchev–Trinajstić information content (AvgIpc) is 2.84. The monoisotopic (exact) mass is 324 g/mol. The first-order valence-corrected chi connectivity index (χ1v) is 8.17. The fourth-order valence-electron chi connectivity index (χ4n) is 3.55. The van der Waals surface area contributed by atoms with Gasteiger partial charge in [-0.15, -0.1) is 0 Å². The molecule has 23 heavy (non-hydrogen) atoms. The summed E-state index contributed by atoms with van der Waals surface area (Å²) >= 11 is 0. The second-order valence-electron chi connectivity index (χ2n) is 6.23. The predicted molar refractivity (Wildman–Crippen MR) is 82.6 cm³/mol. The third-order valence-electron chi connectivity index (χ3n) is 4.64. The number of carbonyl (C=O) groups excluding carboxylic acids is 1. The van der Waals surface area contributed by atoms with Crippen LogP contribution in [0.25, 0.3) is 0 Å². The molecule has 126 valence electrons. The summed E-state index contributed by atoms with van der Waals surface area (Å²) in [6, 6.07) is 6.89. The Morgan fingerprint density at radius 1 is 1.26 bits per heavy atom. The lowest BCUT2D eigenvalue weighted by Crippen LogP contribution is -2.40. The third-order valence-corrected chi connectivity index (χ3v) is 4.64. The summed E-state index contributed by atoms with van der Waals surface area (Å²) in [6.07, 6.45) is 3.59. The zero-order chi connectivity index (χ0) is 16.2. The van der Waals surface area contributed by atoms with Crippen LogP contribution in [0.15, 0.2) is 24.3 Å². The Balaban J connectivity index is 1.62. The van der Waals surface area contributed by atoms with Crippen molar-refractivity contribution in [2.75, 3.05) is 26.2 Å². The summed E-state index contributed by atoms with van der Waals surface area (Å²) in [6.45, 7) is 0.914. The number of hydrogen-bond donors (Lipinski definition) is 0. The van der Waals surface area contributed by atoms with Crippen LogP contribution in [0.5, 0.6) is 5.75 Å². The largest absolute Gasteiger partial charge is 0.435 e. The topological polar surface area (TPSA) is 32.8 Å². The Morgan fingerprint density at radius 3 is 2.91 bits per heavy atom. The minimum atomic E-state index is -2.85. The first kappa shape index (κ1) is 16.2. The highest BCUT2D eigenvalue weighted by Gasteiger charge is 2.30. The Hall–Kier alpha value is -1.69. The third kappa shape index (κ3) is 4.19. The molecule has 2 heterocycles. The van der Waals surface area contributed by atoms with Crippen molar-refractivity contribution in [2.45, 2.75) is 38.3 Å². The summed E-state index contributed by atoms with van der Waals surface area (Å²) in [5.41, 5.74) is 0.709. The zero-order valence-corrected chi connectivity index (χ0v) is 13.1. The Kier molecular flexibility index (Phi) is 5.10. The molecule has 0 saturated carbocycles. The SMILES string of the molecule is O=C(Cc1cccc(OC(F)F)c1)N1CCCN2CCCC2C1. The van der Waals surface area contributed by atoms with Gasteiger partial charge in [-0.3, -0.25) is 9.69 Å². The number of carbonyl (C=O) groups is 1. The normalized spacial score (nSPS) is 22.0. The summed E-state index contributed by atoms with van der Waals surface area (Å²) in [7, 11) is 0. The Labute approximate surface area is 135 Å². The number of halogens is 2. The quantitative estimate of drug-likeness (QED) is 0.853. The number of alkyl halides is 2. The van der Waals surface area contributed by atoms with Crippen LogP contribution in [-0.4, -0.2) is 54.5 Å². The molecule has 1 amide bonds. The number of hydrogen-bond acceptors (Lipinski definition) is 3. The van der Waals surface area contributed by atoms with Crippen molar-refractivity contribution in [1.29, 1.82) is 0 Å². The molecule has 1 atom stereocenters. The molecule has 2 aliphatic heterocycles. The van der Waals surface area contributed by atoms with Gasteiger partial charge in [0.2, 0.25) is 5.91 Å². The number of fused-ring (bicyclic) bond motifs is 1. The highest BCUT2D eigenvalue weighted by Crippen LogP contribution is 2.22. The van der Waals surface area contributed by atoms with E-state index in [2.05, 4.69) is 9.64 Å². The molecule has 0 spiro atoms. The molecule has 1 aromatic rings. The van der Waals surface area contributed by atoms with E-state index >= 15 is 0 Å². The van der Waals surface area contributed by atoms with Gasteiger partial charge in [-0.1, -0.05) is 12.1 Å². The van der Waals surface area contributed by atoms with Gasteiger partial charge < -0.3 is 9.64 Å². The van der Waals surface area contributed by atoms with E-state index in [1.165, 1.54) is 18.6 Å². The van der Waals surface area contributed by atoms with E-state index < -0.39 is 6.61 Å². The van der Waals surface area contributed by atoms with Crippen molar-refractivity contribution in [3.63, 3.8) is 0 Å². The van der Waals surface area contributed by atoms with E-state index in [9.17, 15) is 13.6 Å². The van der Waals surface area contributed by atoms with Gasteiger partial charge in [-0.2, -0.15) is 8.78 Å². The van der Waals surface area contributed by atoms with Gasteiger partial charge >= 0.3 is 6.61 Å². The maximum atomic E-state index is 12.6. The molecule has 2 fully saturated rings. The molecule has 1 aromatic carbocycles. The first-order valence-electron chi connectivity index (χ1n) is 8.17. The number of rotatable bonds is 4. The molecular formula is C17H22F2N2O2. The lowest BCUT2D eigenvalue weighted by atomic mass is 10.1. The molecular weight excluding hydrogens is 302 g/mol. The maximum absolute atomic E-state index is 12.6. The number of nitrogens with zero attached hydrogens (tertiary/aromatic N) is 2. The second kappa shape index (κ2) is 7.25. The number of ether oxygens (including phenoxy) is 1. The van der Waals surface area contributed by atoms with Crippen molar-refractivity contribution >= 4 is 5.91 Å². The molecule has 6 heteroatoms. The first-order chi connectivity index (χ1) is 11.1. The van der Waals surface area contributed by atoms with Gasteiger partial charge in [-0.05, 0) is 43.5 Å². The molecule has 4 nitrogen and oxygen atoms in total. The van der Waals surface area contributed by atoms with Crippen molar-refractivity contribution in [3.05, 3.63) is 29.8 Å². The van der Waals surface area contributed by atoms with Crippen molar-refractivity contribution in [3.8, 4) is 5.75 Å². The molecule has 0 radical (unpaired) electrons. The van der Waals surface area contributed by atoms with Crippen molar-refractivity contribution in [1.82, 2.24) is 9.80 Å². The maximum Gasteiger partial charge on any atom is 0.387 e. The highest BCUT2D eigenvalue weighted by atomic mass is 19.3. The van der Waals surface area contributed by atoms with E-state index in [1.807, 2.05) is 4.90 Å². The fraction of sp³-hybridized carbons (Fsp3) is 0.588. The van der Waals surface area contributed by atoms with Gasteiger partial charge in [0.05, 0.1) is 6.42 Å². The fourth-order valence-corrected chi connectivity index (χ4v) is 3.55. The van der Waals surface area contributed by atoms with Crippen LogP contribution in [0.4, 0.5) is 8.78 Å². The lowest BCUT2D eigenvalue weighted by Gasteiger charge is -2.25. The Morgan fingerprint density at radius 2 is 2.09 bits per heavy atom. The average molecular weight is 324 g/mol. The van der Waals surface area contributed by atoms with E-state index in [4.69, 9.17) is 0 Å². The van der Waals surface area contributed by atoms with Crippen molar-refractivity contribution < 1.29 is 18.3 Å². The van der Waals surface area contributed by atoms with Crippen LogP contribution in [0, 0.1) is 0 Å².